The van der Waals surface area contributed by atoms with Crippen LogP contribution in [0.25, 0.3) is 0 Å². The fraction of sp³-hybridized carbons (Fsp3) is 0.545. The number of aliphatic carboxylic acids is 1. The number of carboxylic acid groups (broad SMARTS) is 1. The highest BCUT2D eigenvalue weighted by molar-refractivity contribution is 7.16. The average molecular weight is 260 g/mol. The first-order chi connectivity index (χ1) is 7.58. The smallest absolute Gasteiger partial charge is 0.320 e. The van der Waals surface area contributed by atoms with E-state index in [0.717, 1.165) is 23.6 Å². The first kappa shape index (κ1) is 11.9. The highest BCUT2D eigenvalue weighted by Crippen LogP contribution is 2.37. The van der Waals surface area contributed by atoms with Crippen LogP contribution < -0.4 is 5.32 Å². The normalized spacial score (nSPS) is 21.5. The van der Waals surface area contributed by atoms with Gasteiger partial charge >= 0.3 is 5.97 Å². The molecule has 0 spiro atoms. The number of rotatable bonds is 3. The van der Waals surface area contributed by atoms with Crippen molar-refractivity contribution in [1.29, 1.82) is 0 Å². The number of carbonyl (C=O) groups is 1. The van der Waals surface area contributed by atoms with Gasteiger partial charge in [0.2, 0.25) is 0 Å². The zero-order valence-corrected chi connectivity index (χ0v) is 10.6. The molecule has 1 heterocycles. The number of fused-ring (bicyclic) bond motifs is 1. The van der Waals surface area contributed by atoms with E-state index in [2.05, 4.69) is 5.32 Å². The van der Waals surface area contributed by atoms with Crippen molar-refractivity contribution in [2.75, 3.05) is 0 Å². The first-order valence-electron chi connectivity index (χ1n) is 5.35. The Bertz CT molecular complexity index is 405. The van der Waals surface area contributed by atoms with Crippen molar-refractivity contribution in [2.45, 2.75) is 38.3 Å². The molecule has 3 nitrogen and oxygen atoms in total. The topological polar surface area (TPSA) is 49.3 Å². The van der Waals surface area contributed by atoms with Crippen molar-refractivity contribution in [3.63, 3.8) is 0 Å². The number of hydrogen-bond donors (Lipinski definition) is 2. The van der Waals surface area contributed by atoms with E-state index in [4.69, 9.17) is 16.7 Å². The van der Waals surface area contributed by atoms with Gasteiger partial charge in [0.05, 0.1) is 4.34 Å². The summed E-state index contributed by atoms with van der Waals surface area (Å²) in [5, 5.41) is 12.0. The second kappa shape index (κ2) is 4.73. The lowest BCUT2D eigenvalue weighted by Gasteiger charge is -2.25. The monoisotopic (exact) mass is 259 g/mol. The van der Waals surface area contributed by atoms with Gasteiger partial charge in [0.25, 0.3) is 0 Å². The average Bonchev–Trinajstić information content (AvgIpc) is 2.59. The molecule has 0 amide bonds. The highest BCUT2D eigenvalue weighted by Gasteiger charge is 2.25. The minimum atomic E-state index is -0.812. The van der Waals surface area contributed by atoms with E-state index in [9.17, 15) is 4.79 Å². The van der Waals surface area contributed by atoms with Crippen LogP contribution in [0.5, 0.6) is 0 Å². The Hall–Kier alpha value is -0.580. The van der Waals surface area contributed by atoms with Crippen molar-refractivity contribution in [1.82, 2.24) is 5.32 Å². The van der Waals surface area contributed by atoms with Gasteiger partial charge in [0.15, 0.2) is 0 Å². The summed E-state index contributed by atoms with van der Waals surface area (Å²) in [5.41, 5.74) is 1.19. The lowest BCUT2D eigenvalue weighted by Crippen LogP contribution is -2.37. The van der Waals surface area contributed by atoms with E-state index in [0.29, 0.717) is 0 Å². The number of thiophene rings is 1. The molecule has 0 radical (unpaired) electrons. The summed E-state index contributed by atoms with van der Waals surface area (Å²) in [6, 6.07) is 1.58. The van der Waals surface area contributed by atoms with Gasteiger partial charge in [-0.1, -0.05) is 11.6 Å². The van der Waals surface area contributed by atoms with E-state index in [1.807, 2.05) is 6.07 Å². The summed E-state index contributed by atoms with van der Waals surface area (Å²) in [5.74, 6) is -0.812. The zero-order valence-electron chi connectivity index (χ0n) is 9.00. The zero-order chi connectivity index (χ0) is 11.7. The molecular formula is C11H14ClNO2S. The second-order valence-corrected chi connectivity index (χ2v) is 5.87. The molecule has 0 saturated carbocycles. The molecule has 1 aliphatic rings. The first-order valence-corrected chi connectivity index (χ1v) is 6.54. The fourth-order valence-electron chi connectivity index (χ4n) is 2.07. The molecule has 1 aromatic heterocycles. The van der Waals surface area contributed by atoms with Crippen molar-refractivity contribution >= 4 is 28.9 Å². The number of carboxylic acids is 1. The van der Waals surface area contributed by atoms with Gasteiger partial charge in [-0.25, -0.2) is 0 Å². The second-order valence-electron chi connectivity index (χ2n) is 4.10. The van der Waals surface area contributed by atoms with E-state index < -0.39 is 12.0 Å². The molecule has 1 aliphatic carbocycles. The van der Waals surface area contributed by atoms with Crippen LogP contribution in [0.1, 0.15) is 36.2 Å². The Morgan fingerprint density at radius 1 is 1.75 bits per heavy atom. The van der Waals surface area contributed by atoms with Crippen LogP contribution in [0, 0.1) is 0 Å². The van der Waals surface area contributed by atoms with Crippen LogP contribution in [0.15, 0.2) is 6.07 Å². The maximum Gasteiger partial charge on any atom is 0.320 e. The van der Waals surface area contributed by atoms with E-state index in [1.54, 1.807) is 18.3 Å². The van der Waals surface area contributed by atoms with Gasteiger partial charge in [-0.2, -0.15) is 0 Å². The summed E-state index contributed by atoms with van der Waals surface area (Å²) in [7, 11) is 0. The van der Waals surface area contributed by atoms with E-state index in [1.165, 1.54) is 10.4 Å². The maximum atomic E-state index is 10.8. The molecular weight excluding hydrogens is 246 g/mol. The quantitative estimate of drug-likeness (QED) is 0.878. The minimum Gasteiger partial charge on any atom is -0.480 e. The SMILES string of the molecule is CC(NC1CCCc2sc(Cl)cc21)C(=O)O. The Morgan fingerprint density at radius 2 is 2.50 bits per heavy atom. The molecule has 16 heavy (non-hydrogen) atoms. The Balaban J connectivity index is 2.15. The van der Waals surface area contributed by atoms with Gasteiger partial charge in [0.1, 0.15) is 6.04 Å². The molecule has 2 N–H and O–H groups in total. The van der Waals surface area contributed by atoms with Gasteiger partial charge in [-0.3, -0.25) is 10.1 Å². The fourth-order valence-corrected chi connectivity index (χ4v) is 3.45. The number of halogens is 1. The Labute approximate surface area is 103 Å². The Kier molecular flexibility index (Phi) is 3.52. The molecule has 0 aliphatic heterocycles. The van der Waals surface area contributed by atoms with E-state index in [-0.39, 0.29) is 6.04 Å². The van der Waals surface area contributed by atoms with Gasteiger partial charge in [-0.05, 0) is 37.8 Å². The summed E-state index contributed by atoms with van der Waals surface area (Å²) in [4.78, 5) is 12.1. The van der Waals surface area contributed by atoms with Crippen LogP contribution in [0.4, 0.5) is 0 Å². The molecule has 1 aromatic rings. The molecule has 0 fully saturated rings. The maximum absolute atomic E-state index is 10.8. The predicted octanol–water partition coefficient (Wildman–Crippen LogP) is 2.84. The lowest BCUT2D eigenvalue weighted by atomic mass is 9.93. The third-order valence-electron chi connectivity index (χ3n) is 2.91. The Morgan fingerprint density at radius 3 is 3.19 bits per heavy atom. The van der Waals surface area contributed by atoms with E-state index >= 15 is 0 Å². The number of hydrogen-bond acceptors (Lipinski definition) is 3. The molecule has 0 aromatic carbocycles. The van der Waals surface area contributed by atoms with Crippen LogP contribution in [0.2, 0.25) is 4.34 Å². The summed E-state index contributed by atoms with van der Waals surface area (Å²) >= 11 is 7.60. The largest absolute Gasteiger partial charge is 0.480 e. The molecule has 2 atom stereocenters. The third kappa shape index (κ3) is 2.39. The molecule has 5 heteroatoms. The van der Waals surface area contributed by atoms with Gasteiger partial charge in [-0.15, -0.1) is 11.3 Å². The molecule has 88 valence electrons. The number of nitrogens with one attached hydrogen (secondary N) is 1. The summed E-state index contributed by atoms with van der Waals surface area (Å²) < 4.78 is 0.793. The van der Waals surface area contributed by atoms with Crippen LogP contribution in [-0.2, 0) is 11.2 Å². The standard InChI is InChI=1S/C11H14ClNO2S/c1-6(11(14)15)13-8-3-2-4-9-7(8)5-10(12)16-9/h5-6,8,13H,2-4H2,1H3,(H,14,15). The van der Waals surface area contributed by atoms with Crippen LogP contribution in [0.3, 0.4) is 0 Å². The molecule has 0 bridgehead atoms. The molecule has 0 saturated heterocycles. The molecule has 2 rings (SSSR count). The lowest BCUT2D eigenvalue weighted by molar-refractivity contribution is -0.139. The van der Waals surface area contributed by atoms with Crippen LogP contribution in [-0.4, -0.2) is 17.1 Å². The van der Waals surface area contributed by atoms with Gasteiger partial charge in [0, 0.05) is 10.9 Å². The summed E-state index contributed by atoms with van der Waals surface area (Å²) in [6.07, 6.45) is 3.14. The minimum absolute atomic E-state index is 0.138. The van der Waals surface area contributed by atoms with Crippen LogP contribution >= 0.6 is 22.9 Å². The summed E-state index contributed by atoms with van der Waals surface area (Å²) in [6.45, 7) is 1.67. The molecule has 2 unspecified atom stereocenters. The van der Waals surface area contributed by atoms with Gasteiger partial charge < -0.3 is 5.11 Å². The van der Waals surface area contributed by atoms with Crippen molar-refractivity contribution in [3.05, 3.63) is 20.8 Å². The number of aryl methyl sites for hydroxylation is 1. The van der Waals surface area contributed by atoms with Crippen molar-refractivity contribution in [3.8, 4) is 0 Å². The predicted molar refractivity (Wildman–Crippen MR) is 65.2 cm³/mol. The third-order valence-corrected chi connectivity index (χ3v) is 4.24. The highest BCUT2D eigenvalue weighted by atomic mass is 35.5. The van der Waals surface area contributed by atoms with Crippen molar-refractivity contribution < 1.29 is 9.90 Å². The van der Waals surface area contributed by atoms with Crippen molar-refractivity contribution in [2.24, 2.45) is 0 Å².